The minimum absolute atomic E-state index is 0.0211. The maximum absolute atomic E-state index is 15.5. The number of benzene rings is 2. The number of nitrogens with zero attached hydrogens (tertiary/aromatic N) is 9. The highest BCUT2D eigenvalue weighted by Gasteiger charge is 2.45. The molecule has 5 amide bonds. The minimum Gasteiger partial charge on any atom is -0.369 e. The van der Waals surface area contributed by atoms with Gasteiger partial charge in [0.1, 0.15) is 23.9 Å². The van der Waals surface area contributed by atoms with Crippen molar-refractivity contribution in [3.63, 3.8) is 0 Å². The van der Waals surface area contributed by atoms with Crippen LogP contribution in [0.3, 0.4) is 0 Å². The Morgan fingerprint density at radius 1 is 0.859 bits per heavy atom. The summed E-state index contributed by atoms with van der Waals surface area (Å²) in [5.74, 6) is -2.14. The summed E-state index contributed by atoms with van der Waals surface area (Å²) in [7, 11) is 0. The van der Waals surface area contributed by atoms with Crippen molar-refractivity contribution in [1.82, 2.24) is 44.9 Å². The van der Waals surface area contributed by atoms with Gasteiger partial charge in [0.15, 0.2) is 17.0 Å². The van der Waals surface area contributed by atoms with Gasteiger partial charge in [0.05, 0.1) is 23.1 Å². The standard InChI is InChI=1S/C46H49FN12O5/c1-26-18-30(6-7-35(26)53-41-40-42(49-24-48-41)58(25-50-40)31-19-29(20-31)52-43(61)36-5-3-4-27(2)51-36)56-16-14-55(15-17-56)23-28-10-12-57(13-11-28)38-22-33-32(21-34(38)47)45(63)59(46(33)64)37-8-9-39(60)54-44(37)62/h3-7,18,21-22,24-25,28-29,31,37H,8-17,19-20,23H2,1-2H3,(H,52,61)(H,48,49,53)(H,54,60,62)/t29?,31?,37-/m0/s1. The van der Waals surface area contributed by atoms with Gasteiger partial charge in [-0.3, -0.25) is 39.1 Å². The molecule has 3 saturated heterocycles. The third-order valence-electron chi connectivity index (χ3n) is 13.5. The molecular weight excluding hydrogens is 820 g/mol. The first-order valence-corrected chi connectivity index (χ1v) is 22.0. The first-order chi connectivity index (χ1) is 31.0. The Hall–Kier alpha value is -6.82. The molecule has 0 radical (unpaired) electrons. The molecule has 17 nitrogen and oxygen atoms in total. The Balaban J connectivity index is 0.700. The van der Waals surface area contributed by atoms with Crippen molar-refractivity contribution in [2.45, 2.75) is 70.5 Å². The lowest BCUT2D eigenvalue weighted by molar-refractivity contribution is -0.136. The first kappa shape index (κ1) is 41.2. The fraction of sp³-hybridized carbons (Fsp3) is 0.413. The van der Waals surface area contributed by atoms with E-state index in [2.05, 4.69) is 70.4 Å². The van der Waals surface area contributed by atoms with Gasteiger partial charge in [0, 0.05) is 81.4 Å². The van der Waals surface area contributed by atoms with E-state index in [4.69, 9.17) is 4.98 Å². The third kappa shape index (κ3) is 7.79. The van der Waals surface area contributed by atoms with Crippen molar-refractivity contribution >= 4 is 63.6 Å². The van der Waals surface area contributed by atoms with Crippen LogP contribution in [0.25, 0.3) is 11.2 Å². The normalized spacial score (nSPS) is 21.9. The van der Waals surface area contributed by atoms with E-state index < -0.39 is 35.5 Å². The largest absolute Gasteiger partial charge is 0.369 e. The molecule has 1 saturated carbocycles. The molecule has 0 spiro atoms. The van der Waals surface area contributed by atoms with Crippen LogP contribution in [0.15, 0.2) is 61.2 Å². The van der Waals surface area contributed by atoms with E-state index in [1.807, 2.05) is 24.0 Å². The first-order valence-electron chi connectivity index (χ1n) is 22.0. The summed E-state index contributed by atoms with van der Waals surface area (Å²) in [6.45, 7) is 9.80. The number of nitrogens with one attached hydrogen (secondary N) is 3. The molecule has 3 aromatic heterocycles. The molecule has 5 aromatic rings. The van der Waals surface area contributed by atoms with E-state index in [-0.39, 0.29) is 47.6 Å². The van der Waals surface area contributed by atoms with Gasteiger partial charge in [0.25, 0.3) is 17.7 Å². The molecular formula is C46H49FN12O5. The quantitative estimate of drug-likeness (QED) is 0.169. The van der Waals surface area contributed by atoms with Gasteiger partial charge in [-0.1, -0.05) is 6.07 Å². The van der Waals surface area contributed by atoms with Gasteiger partial charge >= 0.3 is 0 Å². The van der Waals surface area contributed by atoms with Crippen LogP contribution in [-0.2, 0) is 9.59 Å². The summed E-state index contributed by atoms with van der Waals surface area (Å²) < 4.78 is 17.6. The van der Waals surface area contributed by atoms with Crippen LogP contribution in [0, 0.1) is 25.6 Å². The number of rotatable bonds is 10. The van der Waals surface area contributed by atoms with Crippen molar-refractivity contribution in [2.24, 2.45) is 5.92 Å². The van der Waals surface area contributed by atoms with E-state index in [1.54, 1.807) is 18.7 Å². The SMILES string of the molecule is Cc1cccc(C(=O)NC2CC(n3cnc4c(Nc5ccc(N6CCN(CC7CCN(c8cc9c(cc8F)C(=O)N([C@H]8CCC(=O)NC8=O)C9=O)CC7)CC6)cc5C)ncnc43)C2)n1. The fourth-order valence-corrected chi connectivity index (χ4v) is 9.82. The minimum atomic E-state index is -1.09. The van der Waals surface area contributed by atoms with E-state index in [9.17, 15) is 24.0 Å². The van der Waals surface area contributed by atoms with E-state index >= 15 is 4.39 Å². The molecule has 5 aliphatic rings. The highest BCUT2D eigenvalue weighted by molar-refractivity contribution is 6.23. The second-order valence-corrected chi connectivity index (χ2v) is 17.6. The zero-order chi connectivity index (χ0) is 44.2. The Bertz CT molecular complexity index is 2700. The Kier molecular flexibility index (Phi) is 10.8. The van der Waals surface area contributed by atoms with Crippen molar-refractivity contribution in [2.75, 3.05) is 60.9 Å². The molecule has 0 unspecified atom stereocenters. The molecule has 0 bridgehead atoms. The molecule has 64 heavy (non-hydrogen) atoms. The average molecular weight is 869 g/mol. The number of aromatic nitrogens is 5. The number of piperidine rings is 2. The second-order valence-electron chi connectivity index (χ2n) is 17.6. The van der Waals surface area contributed by atoms with E-state index in [0.29, 0.717) is 36.0 Å². The lowest BCUT2D eigenvalue weighted by Gasteiger charge is -2.40. The molecule has 3 N–H and O–H groups in total. The van der Waals surface area contributed by atoms with Crippen LogP contribution >= 0.6 is 0 Å². The lowest BCUT2D eigenvalue weighted by Crippen LogP contribution is -2.54. The fourth-order valence-electron chi connectivity index (χ4n) is 9.82. The van der Waals surface area contributed by atoms with Gasteiger partial charge < -0.3 is 25.0 Å². The predicted octanol–water partition coefficient (Wildman–Crippen LogP) is 4.29. The monoisotopic (exact) mass is 868 g/mol. The Labute approximate surface area is 368 Å². The number of hydrogen-bond donors (Lipinski definition) is 3. The highest BCUT2D eigenvalue weighted by atomic mass is 19.1. The van der Waals surface area contributed by atoms with Gasteiger partial charge in [-0.05, 0) is 99.9 Å². The number of fused-ring (bicyclic) bond motifs is 2. The summed E-state index contributed by atoms with van der Waals surface area (Å²) in [5.41, 5.74) is 6.17. The summed E-state index contributed by atoms with van der Waals surface area (Å²) in [5, 5.41) is 8.78. The number of imidazole rings is 1. The second kappa shape index (κ2) is 16.7. The molecule has 10 rings (SSSR count). The number of anilines is 4. The molecule has 18 heteroatoms. The van der Waals surface area contributed by atoms with Crippen LogP contribution in [-0.4, -0.2) is 122 Å². The summed E-state index contributed by atoms with van der Waals surface area (Å²) >= 11 is 0. The summed E-state index contributed by atoms with van der Waals surface area (Å²) in [6.07, 6.45) is 6.71. The third-order valence-corrected chi connectivity index (χ3v) is 13.5. The number of carbonyl (C=O) groups is 5. The van der Waals surface area contributed by atoms with Crippen molar-refractivity contribution in [1.29, 1.82) is 0 Å². The summed E-state index contributed by atoms with van der Waals surface area (Å²) in [4.78, 5) is 89.2. The van der Waals surface area contributed by atoms with Gasteiger partial charge in [-0.25, -0.2) is 24.3 Å². The molecule has 4 fully saturated rings. The summed E-state index contributed by atoms with van der Waals surface area (Å²) in [6, 6.07) is 13.6. The number of carbonyl (C=O) groups excluding carboxylic acids is 5. The molecule has 1 atom stereocenters. The Morgan fingerprint density at radius 2 is 1.62 bits per heavy atom. The predicted molar refractivity (Wildman–Crippen MR) is 235 cm³/mol. The van der Waals surface area contributed by atoms with Crippen LogP contribution in [0.5, 0.6) is 0 Å². The molecule has 2 aromatic carbocycles. The van der Waals surface area contributed by atoms with Crippen LogP contribution in [0.1, 0.15) is 87.0 Å². The van der Waals surface area contributed by atoms with Crippen molar-refractivity contribution in [3.05, 3.63) is 95.1 Å². The van der Waals surface area contributed by atoms with Crippen molar-refractivity contribution in [3.8, 4) is 0 Å². The number of hydrogen-bond acceptors (Lipinski definition) is 13. The zero-order valence-corrected chi connectivity index (χ0v) is 35.7. The number of halogens is 1. The van der Waals surface area contributed by atoms with Gasteiger partial charge in [-0.2, -0.15) is 0 Å². The van der Waals surface area contributed by atoms with Gasteiger partial charge in [0.2, 0.25) is 11.8 Å². The number of imide groups is 2. The highest BCUT2D eigenvalue weighted by Crippen LogP contribution is 2.37. The maximum Gasteiger partial charge on any atom is 0.270 e. The smallest absolute Gasteiger partial charge is 0.270 e. The number of aryl methyl sites for hydroxylation is 2. The van der Waals surface area contributed by atoms with Crippen molar-refractivity contribution < 1.29 is 28.4 Å². The van der Waals surface area contributed by atoms with E-state index in [1.165, 1.54) is 6.07 Å². The number of piperazine rings is 1. The Morgan fingerprint density at radius 3 is 2.36 bits per heavy atom. The average Bonchev–Trinajstić information content (AvgIpc) is 3.80. The molecule has 1 aliphatic carbocycles. The van der Waals surface area contributed by atoms with Crippen LogP contribution in [0.4, 0.5) is 27.3 Å². The molecule has 7 heterocycles. The van der Waals surface area contributed by atoms with Crippen LogP contribution < -0.4 is 25.8 Å². The molecule has 4 aliphatic heterocycles. The number of pyridine rings is 1. The lowest BCUT2D eigenvalue weighted by atomic mass is 9.86. The maximum atomic E-state index is 15.5. The van der Waals surface area contributed by atoms with Crippen LogP contribution in [0.2, 0.25) is 0 Å². The zero-order valence-electron chi connectivity index (χ0n) is 35.7. The van der Waals surface area contributed by atoms with Gasteiger partial charge in [-0.15, -0.1) is 0 Å². The number of amides is 5. The topological polar surface area (TPSA) is 191 Å². The molecule has 330 valence electrons. The van der Waals surface area contributed by atoms with E-state index in [0.717, 1.165) is 97.7 Å².